The number of benzene rings is 2. The second-order valence-corrected chi connectivity index (χ2v) is 11.5. The largest absolute Gasteiger partial charge is 0.391 e. The van der Waals surface area contributed by atoms with Crippen molar-refractivity contribution in [3.05, 3.63) is 58.6 Å². The Kier molecular flexibility index (Phi) is 9.14. The van der Waals surface area contributed by atoms with Crippen LogP contribution in [0.3, 0.4) is 0 Å². The van der Waals surface area contributed by atoms with E-state index in [0.29, 0.717) is 50.3 Å². The Morgan fingerprint density at radius 3 is 2.66 bits per heavy atom. The molecule has 1 aliphatic heterocycles. The molecule has 4 rings (SSSR count). The van der Waals surface area contributed by atoms with Crippen LogP contribution in [0.4, 0.5) is 0 Å². The van der Waals surface area contributed by atoms with E-state index in [4.69, 9.17) is 17.3 Å². The quantitative estimate of drug-likeness (QED) is 0.380. The van der Waals surface area contributed by atoms with E-state index in [1.165, 1.54) is 6.92 Å². The predicted octanol–water partition coefficient (Wildman–Crippen LogP) is 3.76. The number of carbonyl (C=O) groups excluding carboxylic acids is 2. The van der Waals surface area contributed by atoms with Crippen LogP contribution in [0, 0.1) is 18.8 Å². The average Bonchev–Trinajstić information content (AvgIpc) is 3.23. The summed E-state index contributed by atoms with van der Waals surface area (Å²) in [7, 11) is 0. The summed E-state index contributed by atoms with van der Waals surface area (Å²) in [6, 6.07) is 13.3. The van der Waals surface area contributed by atoms with Crippen LogP contribution in [0.25, 0.3) is 11.1 Å². The van der Waals surface area contributed by atoms with E-state index >= 15 is 0 Å². The van der Waals surface area contributed by atoms with Crippen LogP contribution in [-0.2, 0) is 15.2 Å². The maximum atomic E-state index is 13.4. The van der Waals surface area contributed by atoms with Crippen molar-refractivity contribution in [3.8, 4) is 11.1 Å². The van der Waals surface area contributed by atoms with Gasteiger partial charge in [-0.2, -0.15) is 0 Å². The fraction of sp³-hybridized carbons (Fsp3) is 0.533. The molecule has 2 aromatic carbocycles. The van der Waals surface area contributed by atoms with Crippen molar-refractivity contribution < 1.29 is 19.8 Å². The lowest BCUT2D eigenvalue weighted by Gasteiger charge is -2.44. The van der Waals surface area contributed by atoms with Gasteiger partial charge in [-0.05, 0) is 62.6 Å². The van der Waals surface area contributed by atoms with Crippen LogP contribution < -0.4 is 11.1 Å². The first kappa shape index (κ1) is 28.6. The van der Waals surface area contributed by atoms with Crippen molar-refractivity contribution in [2.75, 3.05) is 19.6 Å². The minimum absolute atomic E-state index is 0.00676. The SMILES string of the molecule is CC(=O)NCCCC(O)(c1cccc(Cl)c1-c1cccc(C)c1)C1CCCN(C(=O)C2CC(N)C(O)C2)C1. The molecular formula is C30H40ClN3O4. The van der Waals surface area contributed by atoms with Crippen LogP contribution in [0.15, 0.2) is 42.5 Å². The number of hydrogen-bond donors (Lipinski definition) is 4. The van der Waals surface area contributed by atoms with E-state index in [0.717, 1.165) is 35.1 Å². The number of hydrogen-bond acceptors (Lipinski definition) is 5. The van der Waals surface area contributed by atoms with Gasteiger partial charge in [-0.1, -0.05) is 53.6 Å². The molecule has 1 heterocycles. The Hall–Kier alpha value is -2.45. The lowest BCUT2D eigenvalue weighted by molar-refractivity contribution is -0.141. The van der Waals surface area contributed by atoms with Crippen molar-refractivity contribution in [1.29, 1.82) is 0 Å². The number of carbonyl (C=O) groups is 2. The van der Waals surface area contributed by atoms with Gasteiger partial charge in [-0.3, -0.25) is 9.59 Å². The zero-order valence-corrected chi connectivity index (χ0v) is 23.1. The van der Waals surface area contributed by atoms with Crippen molar-refractivity contribution in [1.82, 2.24) is 10.2 Å². The molecule has 7 nitrogen and oxygen atoms in total. The highest BCUT2D eigenvalue weighted by molar-refractivity contribution is 6.33. The molecule has 0 spiro atoms. The van der Waals surface area contributed by atoms with Gasteiger partial charge in [0.25, 0.3) is 0 Å². The highest BCUT2D eigenvalue weighted by Gasteiger charge is 2.44. The second-order valence-electron chi connectivity index (χ2n) is 11.1. The molecule has 1 aliphatic carbocycles. The standard InChI is InChI=1S/C30H40ClN3O4/c1-19-7-3-8-21(15-19)28-24(10-4-11-25(28)31)30(38,12-6-13-33-20(2)35)23-9-5-14-34(18-23)29(37)22-16-26(32)27(36)17-22/h3-4,7-8,10-11,15,22-23,26-27,36,38H,5-6,9,12-14,16-18,32H2,1-2H3,(H,33,35). The minimum atomic E-state index is -1.27. The highest BCUT2D eigenvalue weighted by Crippen LogP contribution is 2.46. The Labute approximate surface area is 230 Å². The summed E-state index contributed by atoms with van der Waals surface area (Å²) in [4.78, 5) is 26.8. The summed E-state index contributed by atoms with van der Waals surface area (Å²) in [5.41, 5.74) is 8.29. The molecule has 1 saturated carbocycles. The molecule has 0 radical (unpaired) electrons. The molecule has 1 saturated heterocycles. The molecule has 2 aromatic rings. The molecular weight excluding hydrogens is 502 g/mol. The molecule has 2 amide bonds. The number of piperidine rings is 1. The van der Waals surface area contributed by atoms with Gasteiger partial charge in [0.2, 0.25) is 11.8 Å². The first-order chi connectivity index (χ1) is 18.1. The minimum Gasteiger partial charge on any atom is -0.391 e. The van der Waals surface area contributed by atoms with Gasteiger partial charge in [0.15, 0.2) is 0 Å². The molecule has 5 unspecified atom stereocenters. The summed E-state index contributed by atoms with van der Waals surface area (Å²) >= 11 is 6.79. The summed E-state index contributed by atoms with van der Waals surface area (Å²) in [5.74, 6) is -0.615. The third-order valence-electron chi connectivity index (χ3n) is 8.23. The molecule has 2 aliphatic rings. The van der Waals surface area contributed by atoms with Crippen molar-refractivity contribution in [2.45, 2.75) is 70.1 Å². The van der Waals surface area contributed by atoms with Gasteiger partial charge in [0.05, 0.1) is 11.7 Å². The van der Waals surface area contributed by atoms with Gasteiger partial charge in [-0.15, -0.1) is 0 Å². The molecule has 8 heteroatoms. The Morgan fingerprint density at radius 2 is 1.97 bits per heavy atom. The Morgan fingerprint density at radius 1 is 1.21 bits per heavy atom. The van der Waals surface area contributed by atoms with E-state index in [2.05, 4.69) is 11.4 Å². The van der Waals surface area contributed by atoms with Gasteiger partial charge in [-0.25, -0.2) is 0 Å². The molecule has 206 valence electrons. The van der Waals surface area contributed by atoms with E-state index in [1.54, 1.807) is 0 Å². The van der Waals surface area contributed by atoms with Gasteiger partial charge in [0.1, 0.15) is 0 Å². The first-order valence-electron chi connectivity index (χ1n) is 13.7. The third-order valence-corrected chi connectivity index (χ3v) is 8.54. The van der Waals surface area contributed by atoms with Crippen LogP contribution in [0.2, 0.25) is 5.02 Å². The van der Waals surface area contributed by atoms with Crippen LogP contribution in [-0.4, -0.2) is 58.7 Å². The van der Waals surface area contributed by atoms with Crippen LogP contribution >= 0.6 is 11.6 Å². The molecule has 5 atom stereocenters. The lowest BCUT2D eigenvalue weighted by Crippen LogP contribution is -2.49. The fourth-order valence-electron chi connectivity index (χ4n) is 6.23. The number of rotatable bonds is 8. The maximum absolute atomic E-state index is 13.4. The zero-order valence-electron chi connectivity index (χ0n) is 22.3. The van der Waals surface area contributed by atoms with E-state index in [-0.39, 0.29) is 29.7 Å². The van der Waals surface area contributed by atoms with Crippen molar-refractivity contribution in [2.24, 2.45) is 17.6 Å². The number of halogens is 1. The number of nitrogens with zero attached hydrogens (tertiary/aromatic N) is 1. The second kappa shape index (κ2) is 12.2. The summed E-state index contributed by atoms with van der Waals surface area (Å²) in [5, 5.41) is 26.1. The van der Waals surface area contributed by atoms with Gasteiger partial charge >= 0.3 is 0 Å². The van der Waals surface area contributed by atoms with E-state index < -0.39 is 11.7 Å². The predicted molar refractivity (Wildman–Crippen MR) is 149 cm³/mol. The monoisotopic (exact) mass is 541 g/mol. The van der Waals surface area contributed by atoms with Crippen LogP contribution in [0.5, 0.6) is 0 Å². The van der Waals surface area contributed by atoms with E-state index in [9.17, 15) is 19.8 Å². The first-order valence-corrected chi connectivity index (χ1v) is 14.0. The van der Waals surface area contributed by atoms with Crippen molar-refractivity contribution in [3.63, 3.8) is 0 Å². The lowest BCUT2D eigenvalue weighted by atomic mass is 9.72. The Balaban J connectivity index is 1.68. The summed E-state index contributed by atoms with van der Waals surface area (Å²) in [6.45, 7) is 4.99. The Bertz CT molecular complexity index is 1150. The number of nitrogens with one attached hydrogen (secondary N) is 1. The van der Waals surface area contributed by atoms with Gasteiger partial charge in [0, 0.05) is 55.0 Å². The van der Waals surface area contributed by atoms with Gasteiger partial charge < -0.3 is 26.2 Å². The average molecular weight is 542 g/mol. The molecule has 38 heavy (non-hydrogen) atoms. The normalized spacial score (nSPS) is 25.2. The third kappa shape index (κ3) is 6.23. The zero-order chi connectivity index (χ0) is 27.4. The fourth-order valence-corrected chi connectivity index (χ4v) is 6.52. The van der Waals surface area contributed by atoms with E-state index in [1.807, 2.05) is 48.2 Å². The summed E-state index contributed by atoms with van der Waals surface area (Å²) < 4.78 is 0. The summed E-state index contributed by atoms with van der Waals surface area (Å²) in [6.07, 6.45) is 2.72. The molecule has 2 fully saturated rings. The van der Waals surface area contributed by atoms with Crippen molar-refractivity contribution >= 4 is 23.4 Å². The number of aliphatic hydroxyl groups is 2. The topological polar surface area (TPSA) is 116 Å². The molecule has 5 N–H and O–H groups in total. The maximum Gasteiger partial charge on any atom is 0.225 e. The number of aliphatic hydroxyl groups excluding tert-OH is 1. The highest BCUT2D eigenvalue weighted by atomic mass is 35.5. The number of likely N-dealkylation sites (tertiary alicyclic amines) is 1. The van der Waals surface area contributed by atoms with Crippen LogP contribution in [0.1, 0.15) is 56.6 Å². The molecule has 0 bridgehead atoms. The smallest absolute Gasteiger partial charge is 0.225 e. The number of aryl methyl sites for hydroxylation is 1. The number of amides is 2. The molecule has 0 aromatic heterocycles. The number of nitrogens with two attached hydrogens (primary N) is 1.